The Morgan fingerprint density at radius 1 is 1.71 bits per heavy atom. The molecule has 0 aliphatic rings. The fraction of sp³-hybridized carbons (Fsp3) is 0.167. The van der Waals surface area contributed by atoms with Gasteiger partial charge < -0.3 is 0 Å². The molecule has 0 bridgehead atoms. The van der Waals surface area contributed by atoms with Crippen molar-refractivity contribution < 1.29 is 4.79 Å². The van der Waals surface area contributed by atoms with E-state index in [1.54, 1.807) is 18.1 Å². The summed E-state index contributed by atoms with van der Waals surface area (Å²) in [4.78, 5) is 9.44. The lowest BCUT2D eigenvalue weighted by Gasteiger charge is -1.68. The SMILES string of the molecule is [CH2]C=CCC=C=O. The Morgan fingerprint density at radius 2 is 2.43 bits per heavy atom. The van der Waals surface area contributed by atoms with Crippen molar-refractivity contribution in [2.45, 2.75) is 6.42 Å². The number of hydrogen-bond acceptors (Lipinski definition) is 1. The average molecular weight is 95.1 g/mol. The van der Waals surface area contributed by atoms with Gasteiger partial charge in [0.1, 0.15) is 5.94 Å². The molecule has 1 nitrogen and oxygen atoms in total. The molecule has 0 aromatic rings. The number of carbonyl (C=O) groups excluding carboxylic acids is 1. The van der Waals surface area contributed by atoms with Gasteiger partial charge in [-0.15, -0.1) is 0 Å². The van der Waals surface area contributed by atoms with E-state index in [-0.39, 0.29) is 0 Å². The Morgan fingerprint density at radius 3 is 2.86 bits per heavy atom. The van der Waals surface area contributed by atoms with Crippen molar-refractivity contribution in [2.24, 2.45) is 0 Å². The topological polar surface area (TPSA) is 17.1 Å². The number of allylic oxidation sites excluding steroid dienone is 3. The summed E-state index contributed by atoms with van der Waals surface area (Å²) in [7, 11) is 0. The second-order valence-electron chi connectivity index (χ2n) is 1.03. The van der Waals surface area contributed by atoms with Crippen LogP contribution in [0.1, 0.15) is 6.42 Å². The minimum absolute atomic E-state index is 0.646. The van der Waals surface area contributed by atoms with E-state index in [1.807, 2.05) is 0 Å². The molecule has 0 saturated heterocycles. The van der Waals surface area contributed by atoms with E-state index in [0.717, 1.165) is 0 Å². The van der Waals surface area contributed by atoms with Gasteiger partial charge in [-0.25, -0.2) is 4.79 Å². The molecule has 0 rings (SSSR count). The summed E-state index contributed by atoms with van der Waals surface area (Å²) >= 11 is 0. The van der Waals surface area contributed by atoms with E-state index in [9.17, 15) is 4.79 Å². The van der Waals surface area contributed by atoms with Crippen molar-refractivity contribution in [3.8, 4) is 0 Å². The van der Waals surface area contributed by atoms with Gasteiger partial charge in [-0.2, -0.15) is 0 Å². The zero-order valence-corrected chi connectivity index (χ0v) is 4.05. The molecule has 0 saturated carbocycles. The quantitative estimate of drug-likeness (QED) is 0.470. The molecule has 0 aliphatic heterocycles. The molecular formula is C6H7O. The van der Waals surface area contributed by atoms with Crippen molar-refractivity contribution in [3.63, 3.8) is 0 Å². The Bertz CT molecular complexity index is 96.7. The van der Waals surface area contributed by atoms with Gasteiger partial charge in [0.2, 0.25) is 0 Å². The molecular weight excluding hydrogens is 88.1 g/mol. The molecule has 0 unspecified atom stereocenters. The highest BCUT2D eigenvalue weighted by molar-refractivity contribution is 5.45. The monoisotopic (exact) mass is 95.0 g/mol. The third-order valence-corrected chi connectivity index (χ3v) is 0.504. The van der Waals surface area contributed by atoms with Crippen LogP contribution >= 0.6 is 0 Å². The predicted octanol–water partition coefficient (Wildman–Crippen LogP) is 1.15. The van der Waals surface area contributed by atoms with E-state index in [0.29, 0.717) is 6.42 Å². The third kappa shape index (κ3) is 5.19. The molecule has 7 heavy (non-hydrogen) atoms. The minimum atomic E-state index is 0.646. The summed E-state index contributed by atoms with van der Waals surface area (Å²) in [5, 5.41) is 0. The van der Waals surface area contributed by atoms with E-state index in [1.165, 1.54) is 6.08 Å². The van der Waals surface area contributed by atoms with Crippen LogP contribution in [0.2, 0.25) is 0 Å². The molecule has 0 atom stereocenters. The molecule has 0 aromatic carbocycles. The van der Waals surface area contributed by atoms with Crippen LogP contribution in [0.3, 0.4) is 0 Å². The first-order valence-corrected chi connectivity index (χ1v) is 2.05. The van der Waals surface area contributed by atoms with Crippen LogP contribution in [-0.2, 0) is 4.79 Å². The maximum Gasteiger partial charge on any atom is 0.120 e. The summed E-state index contributed by atoms with van der Waals surface area (Å²) in [5.41, 5.74) is 0. The van der Waals surface area contributed by atoms with E-state index in [4.69, 9.17) is 0 Å². The van der Waals surface area contributed by atoms with Crippen LogP contribution in [0.4, 0.5) is 0 Å². The Balaban J connectivity index is 3.15. The first-order chi connectivity index (χ1) is 3.41. The van der Waals surface area contributed by atoms with Gasteiger partial charge in [0.25, 0.3) is 0 Å². The van der Waals surface area contributed by atoms with Gasteiger partial charge in [0, 0.05) is 6.08 Å². The van der Waals surface area contributed by atoms with Crippen molar-refractivity contribution in [3.05, 3.63) is 25.2 Å². The van der Waals surface area contributed by atoms with Crippen molar-refractivity contribution in [1.82, 2.24) is 0 Å². The molecule has 0 N–H and O–H groups in total. The normalized spacial score (nSPS) is 8.71. The van der Waals surface area contributed by atoms with Crippen LogP contribution in [-0.4, -0.2) is 5.94 Å². The van der Waals surface area contributed by atoms with Gasteiger partial charge in [-0.05, 0) is 13.3 Å². The molecule has 1 heteroatoms. The lowest BCUT2D eigenvalue weighted by molar-refractivity contribution is 0.568. The average Bonchev–Trinajstić information content (AvgIpc) is 1.69. The van der Waals surface area contributed by atoms with Crippen LogP contribution in [0.15, 0.2) is 18.2 Å². The molecule has 0 fully saturated rings. The predicted molar refractivity (Wildman–Crippen MR) is 29.4 cm³/mol. The summed E-state index contributed by atoms with van der Waals surface area (Å²) in [6.45, 7) is 3.43. The molecule has 0 aromatic heterocycles. The smallest absolute Gasteiger partial charge is 0.120 e. The second-order valence-corrected chi connectivity index (χ2v) is 1.03. The summed E-state index contributed by atoms with van der Waals surface area (Å²) in [6, 6.07) is 0. The highest BCUT2D eigenvalue weighted by atomic mass is 16.1. The Labute approximate surface area is 43.3 Å². The lowest BCUT2D eigenvalue weighted by atomic mass is 10.4. The fourth-order valence-corrected chi connectivity index (χ4v) is 0.212. The Hall–Kier alpha value is -0.810. The standard InChI is InChI=1S/C6H7O/c1-2-3-4-5-6-7/h2-3,5H,1,4H2. The zero-order valence-electron chi connectivity index (χ0n) is 4.05. The molecule has 37 valence electrons. The summed E-state index contributed by atoms with van der Waals surface area (Å²) in [6.07, 6.45) is 5.48. The highest BCUT2D eigenvalue weighted by Gasteiger charge is 1.62. The fourth-order valence-electron chi connectivity index (χ4n) is 0.212. The molecule has 0 spiro atoms. The van der Waals surface area contributed by atoms with Crippen molar-refractivity contribution in [2.75, 3.05) is 0 Å². The van der Waals surface area contributed by atoms with Crippen LogP contribution < -0.4 is 0 Å². The van der Waals surface area contributed by atoms with Crippen LogP contribution in [0.25, 0.3) is 0 Å². The maximum atomic E-state index is 9.44. The molecule has 0 aliphatic carbocycles. The first kappa shape index (κ1) is 6.19. The second kappa shape index (κ2) is 5.19. The van der Waals surface area contributed by atoms with E-state index in [2.05, 4.69) is 6.92 Å². The van der Waals surface area contributed by atoms with Gasteiger partial charge in [0.05, 0.1) is 0 Å². The van der Waals surface area contributed by atoms with Crippen molar-refractivity contribution in [1.29, 1.82) is 0 Å². The lowest BCUT2D eigenvalue weighted by Crippen LogP contribution is -1.54. The molecule has 0 amide bonds. The summed E-state index contributed by atoms with van der Waals surface area (Å²) in [5.74, 6) is 1.65. The third-order valence-electron chi connectivity index (χ3n) is 0.504. The van der Waals surface area contributed by atoms with Crippen molar-refractivity contribution >= 4 is 5.94 Å². The van der Waals surface area contributed by atoms with E-state index >= 15 is 0 Å². The number of hydrogen-bond donors (Lipinski definition) is 0. The molecule has 0 heterocycles. The maximum absolute atomic E-state index is 9.44. The minimum Gasteiger partial charge on any atom is -0.234 e. The first-order valence-electron chi connectivity index (χ1n) is 2.05. The van der Waals surface area contributed by atoms with Gasteiger partial charge in [-0.1, -0.05) is 12.2 Å². The number of rotatable bonds is 2. The van der Waals surface area contributed by atoms with E-state index < -0.39 is 0 Å². The highest BCUT2D eigenvalue weighted by Crippen LogP contribution is 1.78. The van der Waals surface area contributed by atoms with Crippen LogP contribution in [0.5, 0.6) is 0 Å². The Kier molecular flexibility index (Phi) is 4.59. The van der Waals surface area contributed by atoms with Gasteiger partial charge >= 0.3 is 0 Å². The molecule has 1 radical (unpaired) electrons. The summed E-state index contributed by atoms with van der Waals surface area (Å²) < 4.78 is 0. The van der Waals surface area contributed by atoms with Gasteiger partial charge in [0.15, 0.2) is 0 Å². The van der Waals surface area contributed by atoms with Gasteiger partial charge in [-0.3, -0.25) is 0 Å². The largest absolute Gasteiger partial charge is 0.234 e. The zero-order chi connectivity index (χ0) is 5.54. The van der Waals surface area contributed by atoms with Crippen LogP contribution in [0, 0.1) is 6.92 Å².